The van der Waals surface area contributed by atoms with Crippen molar-refractivity contribution in [1.29, 1.82) is 10.5 Å². The molecule has 24 heavy (non-hydrogen) atoms. The fourth-order valence-corrected chi connectivity index (χ4v) is 2.59. The van der Waals surface area contributed by atoms with E-state index in [9.17, 15) is 13.2 Å². The summed E-state index contributed by atoms with van der Waals surface area (Å²) in [4.78, 5) is 4.89. The van der Waals surface area contributed by atoms with Gasteiger partial charge in [-0.05, 0) is 18.2 Å². The van der Waals surface area contributed by atoms with E-state index < -0.39 is 11.9 Å². The van der Waals surface area contributed by atoms with Gasteiger partial charge in [-0.25, -0.2) is 4.99 Å². The van der Waals surface area contributed by atoms with Crippen LogP contribution in [0.15, 0.2) is 34.6 Å². The van der Waals surface area contributed by atoms with Crippen molar-refractivity contribution in [3.05, 3.63) is 40.2 Å². The molecule has 0 spiro atoms. The van der Waals surface area contributed by atoms with E-state index in [1.165, 1.54) is 13.3 Å². The summed E-state index contributed by atoms with van der Waals surface area (Å²) < 4.78 is 39.1. The Morgan fingerprint density at radius 1 is 1.38 bits per heavy atom. The molecule has 2 rings (SSSR count). The summed E-state index contributed by atoms with van der Waals surface area (Å²) in [6.45, 7) is 0. The summed E-state index contributed by atoms with van der Waals surface area (Å²) in [5, 5.41) is 21.3. The maximum Gasteiger partial charge on any atom is 0.433 e. The van der Waals surface area contributed by atoms with Crippen molar-refractivity contribution in [2.75, 3.05) is 0 Å². The molecular weight excluding hydrogens is 341 g/mol. The van der Waals surface area contributed by atoms with E-state index in [2.05, 4.69) is 10.1 Å². The Balaban J connectivity index is 2.30. The molecule has 0 fully saturated rings. The zero-order chi connectivity index (χ0) is 17.9. The second kappa shape index (κ2) is 6.56. The number of allylic oxidation sites excluding steroid dienone is 2. The Morgan fingerprint density at radius 3 is 2.62 bits per heavy atom. The first kappa shape index (κ1) is 17.2. The Bertz CT molecular complexity index is 904. The van der Waals surface area contributed by atoms with Crippen LogP contribution in [0.2, 0.25) is 0 Å². The largest absolute Gasteiger partial charge is 0.433 e. The number of hydrogen-bond acceptors (Lipinski definition) is 6. The summed E-state index contributed by atoms with van der Waals surface area (Å²) in [5.41, 5.74) is 4.10. The van der Waals surface area contributed by atoms with Gasteiger partial charge in [0, 0.05) is 18.1 Å². The maximum atomic E-state index is 12.8. The number of aliphatic imine (C=N–C) groups is 1. The van der Waals surface area contributed by atoms with E-state index in [4.69, 9.17) is 16.3 Å². The van der Waals surface area contributed by atoms with Gasteiger partial charge in [0.05, 0.1) is 4.88 Å². The monoisotopic (exact) mass is 350 g/mol. The van der Waals surface area contributed by atoms with Crippen LogP contribution in [0.25, 0.3) is 10.6 Å². The number of nitrogens with zero attached hydrogens (tertiary/aromatic N) is 5. The van der Waals surface area contributed by atoms with Gasteiger partial charge >= 0.3 is 6.18 Å². The van der Waals surface area contributed by atoms with Gasteiger partial charge in [-0.15, -0.1) is 11.3 Å². The third kappa shape index (κ3) is 3.62. The fourth-order valence-electron chi connectivity index (χ4n) is 1.75. The standard InChI is InChI=1S/C14H9F3N6S/c1-23-13(14(15,16)17)4-10(22-23)12-3-2-8(24-12)7-21-11(6-19)9(20)5-18/h2-4,7H,20H2,1H3/b11-9-,21-7?. The third-order valence-corrected chi connectivity index (χ3v) is 3.89. The van der Waals surface area contributed by atoms with Crippen LogP contribution in [0, 0.1) is 22.7 Å². The molecule has 0 unspecified atom stereocenters. The first-order valence-electron chi connectivity index (χ1n) is 6.31. The number of aromatic nitrogens is 2. The molecule has 2 aromatic rings. The number of thiophene rings is 1. The van der Waals surface area contributed by atoms with E-state index in [0.717, 1.165) is 22.1 Å². The molecule has 0 aliphatic carbocycles. The van der Waals surface area contributed by atoms with Crippen molar-refractivity contribution in [2.24, 2.45) is 17.8 Å². The number of aryl methyl sites for hydroxylation is 1. The van der Waals surface area contributed by atoms with Crippen LogP contribution in [0.1, 0.15) is 10.6 Å². The number of hydrogen-bond donors (Lipinski definition) is 1. The molecule has 0 saturated heterocycles. The molecule has 0 aliphatic heterocycles. The Hall–Kier alpha value is -3.11. The van der Waals surface area contributed by atoms with Crippen LogP contribution >= 0.6 is 11.3 Å². The minimum Gasteiger partial charge on any atom is -0.388 e. The van der Waals surface area contributed by atoms with Gasteiger partial charge in [0.25, 0.3) is 0 Å². The van der Waals surface area contributed by atoms with Crippen LogP contribution < -0.4 is 5.73 Å². The number of alkyl halides is 3. The van der Waals surface area contributed by atoms with Crippen LogP contribution in [0.4, 0.5) is 13.2 Å². The summed E-state index contributed by atoms with van der Waals surface area (Å²) in [6, 6.07) is 7.47. The lowest BCUT2D eigenvalue weighted by atomic mass is 10.3. The molecule has 2 N–H and O–H groups in total. The summed E-state index contributed by atoms with van der Waals surface area (Å²) in [7, 11) is 1.22. The van der Waals surface area contributed by atoms with Crippen molar-refractivity contribution >= 4 is 17.6 Å². The topological polar surface area (TPSA) is 104 Å². The first-order chi connectivity index (χ1) is 11.3. The van der Waals surface area contributed by atoms with Crippen LogP contribution in [0.3, 0.4) is 0 Å². The van der Waals surface area contributed by atoms with Crippen LogP contribution in [-0.2, 0) is 13.2 Å². The quantitative estimate of drug-likeness (QED) is 0.679. The highest BCUT2D eigenvalue weighted by Gasteiger charge is 2.35. The van der Waals surface area contributed by atoms with Crippen LogP contribution in [-0.4, -0.2) is 16.0 Å². The summed E-state index contributed by atoms with van der Waals surface area (Å²) in [5.74, 6) is 0. The number of halogens is 3. The zero-order valence-corrected chi connectivity index (χ0v) is 13.0. The highest BCUT2D eigenvalue weighted by molar-refractivity contribution is 7.17. The van der Waals surface area contributed by atoms with Crippen molar-refractivity contribution in [3.8, 4) is 22.7 Å². The van der Waals surface area contributed by atoms with Crippen molar-refractivity contribution in [2.45, 2.75) is 6.18 Å². The molecule has 0 bridgehead atoms. The lowest BCUT2D eigenvalue weighted by Gasteiger charge is -2.04. The predicted octanol–water partition coefficient (Wildman–Crippen LogP) is 2.80. The fraction of sp³-hybridized carbons (Fsp3) is 0.143. The molecule has 0 amide bonds. The first-order valence-corrected chi connectivity index (χ1v) is 7.13. The minimum atomic E-state index is -4.48. The van der Waals surface area contributed by atoms with Gasteiger partial charge in [-0.2, -0.15) is 28.8 Å². The summed E-state index contributed by atoms with van der Waals surface area (Å²) >= 11 is 1.14. The lowest BCUT2D eigenvalue weighted by molar-refractivity contribution is -0.143. The number of rotatable bonds is 3. The molecule has 0 aromatic carbocycles. The van der Waals surface area contributed by atoms with Crippen molar-refractivity contribution < 1.29 is 13.2 Å². The molecule has 0 atom stereocenters. The van der Waals surface area contributed by atoms with Gasteiger partial charge in [-0.1, -0.05) is 0 Å². The molecule has 122 valence electrons. The Labute approximate surface area is 138 Å². The van der Waals surface area contributed by atoms with Gasteiger partial charge in [0.15, 0.2) is 5.70 Å². The second-order valence-corrected chi connectivity index (χ2v) is 5.60. The third-order valence-electron chi connectivity index (χ3n) is 2.85. The van der Waals surface area contributed by atoms with E-state index in [1.807, 2.05) is 0 Å². The molecule has 10 heteroatoms. The molecule has 2 heterocycles. The molecule has 2 aromatic heterocycles. The zero-order valence-electron chi connectivity index (χ0n) is 12.2. The molecule has 0 saturated carbocycles. The average molecular weight is 350 g/mol. The van der Waals surface area contributed by atoms with Crippen molar-refractivity contribution in [3.63, 3.8) is 0 Å². The molecule has 0 aliphatic rings. The molecule has 0 radical (unpaired) electrons. The predicted molar refractivity (Wildman–Crippen MR) is 81.6 cm³/mol. The second-order valence-electron chi connectivity index (χ2n) is 4.48. The normalized spacial score (nSPS) is 12.8. The van der Waals surface area contributed by atoms with E-state index in [-0.39, 0.29) is 17.1 Å². The highest BCUT2D eigenvalue weighted by Crippen LogP contribution is 2.33. The van der Waals surface area contributed by atoms with Gasteiger partial charge in [0.1, 0.15) is 29.2 Å². The number of nitriles is 2. The van der Waals surface area contributed by atoms with Gasteiger partial charge < -0.3 is 5.73 Å². The lowest BCUT2D eigenvalue weighted by Crippen LogP contribution is -2.11. The van der Waals surface area contributed by atoms with Gasteiger partial charge in [0.2, 0.25) is 0 Å². The Kier molecular flexibility index (Phi) is 4.71. The van der Waals surface area contributed by atoms with E-state index in [0.29, 0.717) is 9.75 Å². The Morgan fingerprint density at radius 2 is 2.08 bits per heavy atom. The molecular formula is C14H9F3N6S. The van der Waals surface area contributed by atoms with E-state index >= 15 is 0 Å². The maximum absolute atomic E-state index is 12.8. The SMILES string of the molecule is Cn1nc(-c2ccc(C=N/C(C#N)=C(\N)C#N)s2)cc1C(F)(F)F. The minimum absolute atomic E-state index is 0.182. The molecule has 6 nitrogen and oxygen atoms in total. The summed E-state index contributed by atoms with van der Waals surface area (Å²) in [6.07, 6.45) is -3.17. The number of nitrogens with two attached hydrogens (primary N) is 1. The smallest absolute Gasteiger partial charge is 0.388 e. The van der Waals surface area contributed by atoms with Crippen LogP contribution in [0.5, 0.6) is 0 Å². The highest BCUT2D eigenvalue weighted by atomic mass is 32.1. The van der Waals surface area contributed by atoms with Crippen molar-refractivity contribution in [1.82, 2.24) is 9.78 Å². The average Bonchev–Trinajstić information content (AvgIpc) is 3.13. The van der Waals surface area contributed by atoms with Gasteiger partial charge in [-0.3, -0.25) is 4.68 Å². The van der Waals surface area contributed by atoms with E-state index in [1.54, 1.807) is 24.3 Å².